The highest BCUT2D eigenvalue weighted by molar-refractivity contribution is 7.89. The Bertz CT molecular complexity index is 1080. The first-order valence-electron chi connectivity index (χ1n) is 10.9. The topological polar surface area (TPSA) is 97.4 Å². The predicted molar refractivity (Wildman–Crippen MR) is 123 cm³/mol. The van der Waals surface area contributed by atoms with Gasteiger partial charge in [-0.2, -0.15) is 4.31 Å². The van der Waals surface area contributed by atoms with E-state index in [-0.39, 0.29) is 10.8 Å². The van der Waals surface area contributed by atoms with Gasteiger partial charge < -0.3 is 24.4 Å². The van der Waals surface area contributed by atoms with E-state index in [1.807, 2.05) is 24.3 Å². The van der Waals surface area contributed by atoms with Crippen LogP contribution in [0.2, 0.25) is 0 Å². The molecule has 10 heteroatoms. The van der Waals surface area contributed by atoms with Crippen LogP contribution >= 0.6 is 0 Å². The molecule has 2 aromatic carbocycles. The number of benzene rings is 2. The number of ether oxygens (including phenoxy) is 3. The number of carbonyl (C=O) groups is 1. The van der Waals surface area contributed by atoms with Crippen molar-refractivity contribution in [2.75, 3.05) is 64.6 Å². The normalized spacial score (nSPS) is 17.5. The van der Waals surface area contributed by atoms with Crippen molar-refractivity contribution in [3.63, 3.8) is 0 Å². The van der Waals surface area contributed by atoms with E-state index >= 15 is 0 Å². The molecule has 2 fully saturated rings. The summed E-state index contributed by atoms with van der Waals surface area (Å²) in [4.78, 5) is 15.4. The molecule has 9 nitrogen and oxygen atoms in total. The number of methoxy groups -OCH3 is 1. The number of amides is 1. The molecule has 2 aliphatic heterocycles. The van der Waals surface area contributed by atoms with Gasteiger partial charge in [-0.05, 0) is 35.9 Å². The summed E-state index contributed by atoms with van der Waals surface area (Å²) >= 11 is 0. The molecule has 2 saturated heterocycles. The summed E-state index contributed by atoms with van der Waals surface area (Å²) in [5, 5.41) is 2.92. The Morgan fingerprint density at radius 2 is 1.70 bits per heavy atom. The number of carbonyl (C=O) groups excluding carboxylic acids is 1. The van der Waals surface area contributed by atoms with Crippen LogP contribution in [-0.2, 0) is 26.0 Å². The highest BCUT2D eigenvalue weighted by atomic mass is 32.2. The van der Waals surface area contributed by atoms with E-state index in [4.69, 9.17) is 14.2 Å². The second-order valence-electron chi connectivity index (χ2n) is 7.83. The van der Waals surface area contributed by atoms with Crippen molar-refractivity contribution in [2.45, 2.75) is 11.4 Å². The molecule has 0 saturated carbocycles. The molecule has 1 N–H and O–H groups in total. The molecule has 0 atom stereocenters. The lowest BCUT2D eigenvalue weighted by molar-refractivity contribution is 0.0730. The van der Waals surface area contributed by atoms with Gasteiger partial charge in [-0.25, -0.2) is 8.42 Å². The van der Waals surface area contributed by atoms with Crippen LogP contribution in [0.5, 0.6) is 5.75 Å². The third-order valence-electron chi connectivity index (χ3n) is 5.76. The third kappa shape index (κ3) is 5.47. The van der Waals surface area contributed by atoms with Crippen molar-refractivity contribution in [3.8, 4) is 5.75 Å². The van der Waals surface area contributed by atoms with Gasteiger partial charge in [0.2, 0.25) is 10.0 Å². The van der Waals surface area contributed by atoms with E-state index in [9.17, 15) is 13.2 Å². The van der Waals surface area contributed by atoms with E-state index in [0.29, 0.717) is 76.2 Å². The Balaban J connectivity index is 1.62. The van der Waals surface area contributed by atoms with Crippen LogP contribution in [0.4, 0.5) is 5.69 Å². The highest BCUT2D eigenvalue weighted by Crippen LogP contribution is 2.27. The van der Waals surface area contributed by atoms with Gasteiger partial charge in [0.05, 0.1) is 44.0 Å². The van der Waals surface area contributed by atoms with Crippen LogP contribution in [0.15, 0.2) is 47.4 Å². The first-order valence-corrected chi connectivity index (χ1v) is 12.4. The van der Waals surface area contributed by atoms with E-state index in [1.54, 1.807) is 19.2 Å². The number of nitrogens with one attached hydrogen (secondary N) is 1. The number of morpholine rings is 2. The van der Waals surface area contributed by atoms with Crippen molar-refractivity contribution in [2.24, 2.45) is 0 Å². The minimum Gasteiger partial charge on any atom is -0.497 e. The largest absolute Gasteiger partial charge is 0.497 e. The Labute approximate surface area is 194 Å². The third-order valence-corrected chi connectivity index (χ3v) is 7.65. The van der Waals surface area contributed by atoms with Crippen LogP contribution in [-0.4, -0.2) is 78.3 Å². The predicted octanol–water partition coefficient (Wildman–Crippen LogP) is 1.48. The van der Waals surface area contributed by atoms with Gasteiger partial charge in [-0.15, -0.1) is 0 Å². The van der Waals surface area contributed by atoms with Crippen LogP contribution < -0.4 is 15.0 Å². The van der Waals surface area contributed by atoms with Gasteiger partial charge in [0.15, 0.2) is 0 Å². The molecule has 0 bridgehead atoms. The number of nitrogens with zero attached hydrogens (tertiary/aromatic N) is 2. The van der Waals surface area contributed by atoms with Crippen LogP contribution in [0.3, 0.4) is 0 Å². The summed E-state index contributed by atoms with van der Waals surface area (Å²) in [5.41, 5.74) is 1.91. The fourth-order valence-electron chi connectivity index (χ4n) is 3.93. The van der Waals surface area contributed by atoms with Gasteiger partial charge in [-0.1, -0.05) is 12.1 Å². The second kappa shape index (κ2) is 10.5. The first-order chi connectivity index (χ1) is 16.0. The lowest BCUT2D eigenvalue weighted by Crippen LogP contribution is -2.41. The molecule has 4 rings (SSSR count). The molecule has 178 valence electrons. The molecule has 0 unspecified atom stereocenters. The quantitative estimate of drug-likeness (QED) is 0.648. The number of hydrogen-bond acceptors (Lipinski definition) is 7. The van der Waals surface area contributed by atoms with Crippen molar-refractivity contribution >= 4 is 21.6 Å². The summed E-state index contributed by atoms with van der Waals surface area (Å²) in [7, 11) is -2.14. The fraction of sp³-hybridized carbons (Fsp3) is 0.435. The summed E-state index contributed by atoms with van der Waals surface area (Å²) in [6.45, 7) is 3.97. The maximum Gasteiger partial charge on any atom is 0.253 e. The molecule has 2 aliphatic rings. The smallest absolute Gasteiger partial charge is 0.253 e. The number of sulfonamides is 1. The maximum atomic E-state index is 13.3. The summed E-state index contributed by atoms with van der Waals surface area (Å²) in [5.74, 6) is 0.368. The summed E-state index contributed by atoms with van der Waals surface area (Å²) < 4.78 is 43.7. The summed E-state index contributed by atoms with van der Waals surface area (Å²) in [6.07, 6.45) is 0. The van der Waals surface area contributed by atoms with Crippen molar-refractivity contribution < 1.29 is 27.4 Å². The van der Waals surface area contributed by atoms with Crippen molar-refractivity contribution in [3.05, 3.63) is 53.6 Å². The molecular weight excluding hydrogens is 446 g/mol. The molecule has 0 aromatic heterocycles. The lowest BCUT2D eigenvalue weighted by atomic mass is 10.1. The van der Waals surface area contributed by atoms with Gasteiger partial charge >= 0.3 is 0 Å². The van der Waals surface area contributed by atoms with Crippen molar-refractivity contribution in [1.29, 1.82) is 0 Å². The number of anilines is 1. The van der Waals surface area contributed by atoms with Gasteiger partial charge in [-0.3, -0.25) is 4.79 Å². The SMILES string of the molecule is COc1cccc(CNC(=O)c2cc(S(=O)(=O)N3CCOCC3)ccc2N2CCOCC2)c1. The van der Waals surface area contributed by atoms with E-state index in [1.165, 1.54) is 10.4 Å². The molecule has 0 radical (unpaired) electrons. The molecule has 33 heavy (non-hydrogen) atoms. The van der Waals surface area contributed by atoms with Crippen LogP contribution in [0.25, 0.3) is 0 Å². The standard InChI is InChI=1S/C23H29N3O6S/c1-30-19-4-2-3-18(15-19)17-24-23(27)21-16-20(33(28,29)26-9-13-32-14-10-26)5-6-22(21)25-7-11-31-12-8-25/h2-6,15-16H,7-14,17H2,1H3,(H,24,27). The van der Waals surface area contributed by atoms with Crippen LogP contribution in [0, 0.1) is 0 Å². The van der Waals surface area contributed by atoms with Gasteiger partial charge in [0.1, 0.15) is 5.75 Å². The van der Waals surface area contributed by atoms with E-state index in [0.717, 1.165) is 5.56 Å². The Kier molecular flexibility index (Phi) is 7.49. The Hall–Kier alpha value is -2.66. The molecule has 0 aliphatic carbocycles. The molecule has 0 spiro atoms. The second-order valence-corrected chi connectivity index (χ2v) is 9.77. The van der Waals surface area contributed by atoms with Crippen molar-refractivity contribution in [1.82, 2.24) is 9.62 Å². The molecule has 1 amide bonds. The monoisotopic (exact) mass is 475 g/mol. The van der Waals surface area contributed by atoms with Gasteiger partial charge in [0, 0.05) is 38.4 Å². The molecule has 2 heterocycles. The fourth-order valence-corrected chi connectivity index (χ4v) is 5.37. The van der Waals surface area contributed by atoms with Crippen LogP contribution in [0.1, 0.15) is 15.9 Å². The number of hydrogen-bond donors (Lipinski definition) is 1. The minimum atomic E-state index is -3.73. The zero-order valence-corrected chi connectivity index (χ0v) is 19.5. The molecule has 2 aromatic rings. The zero-order chi connectivity index (χ0) is 23.3. The van der Waals surface area contributed by atoms with Gasteiger partial charge in [0.25, 0.3) is 5.91 Å². The first kappa shape index (κ1) is 23.5. The van der Waals surface area contributed by atoms with E-state index < -0.39 is 10.0 Å². The lowest BCUT2D eigenvalue weighted by Gasteiger charge is -2.31. The zero-order valence-electron chi connectivity index (χ0n) is 18.7. The maximum absolute atomic E-state index is 13.3. The average Bonchev–Trinajstić information content (AvgIpc) is 2.88. The Morgan fingerprint density at radius 3 is 2.39 bits per heavy atom. The molecular formula is C23H29N3O6S. The number of rotatable bonds is 7. The van der Waals surface area contributed by atoms with E-state index in [2.05, 4.69) is 10.2 Å². The average molecular weight is 476 g/mol. The summed E-state index contributed by atoms with van der Waals surface area (Å²) in [6, 6.07) is 12.2. The Morgan fingerprint density at radius 1 is 1.00 bits per heavy atom. The highest BCUT2D eigenvalue weighted by Gasteiger charge is 2.29. The minimum absolute atomic E-state index is 0.105.